The third-order valence-electron chi connectivity index (χ3n) is 4.07. The molecule has 0 aliphatic carbocycles. The van der Waals surface area contributed by atoms with E-state index in [2.05, 4.69) is 66.5 Å². The van der Waals surface area contributed by atoms with Crippen molar-refractivity contribution in [1.82, 2.24) is 4.90 Å². The molecule has 3 rings (SSSR count). The van der Waals surface area contributed by atoms with Gasteiger partial charge in [-0.1, -0.05) is 30.3 Å². The van der Waals surface area contributed by atoms with Crippen molar-refractivity contribution in [1.29, 1.82) is 0 Å². The number of hydrogen-bond acceptors (Lipinski definition) is 2. The normalized spacial score (nSPS) is 20.3. The second-order valence-corrected chi connectivity index (χ2v) is 5.78. The average Bonchev–Trinajstić information content (AvgIpc) is 2.87. The Balaban J connectivity index is 1.72. The summed E-state index contributed by atoms with van der Waals surface area (Å²) in [6.45, 7) is 6.92. The minimum absolute atomic E-state index is 0.587. The zero-order chi connectivity index (χ0) is 13.2. The molecule has 1 saturated heterocycles. The molecule has 1 atom stereocenters. The van der Waals surface area contributed by atoms with Gasteiger partial charge >= 0.3 is 0 Å². The number of likely N-dealkylation sites (tertiary alicyclic amines) is 1. The van der Waals surface area contributed by atoms with E-state index in [1.54, 1.807) is 0 Å². The molecular weight excluding hydrogens is 232 g/mol. The summed E-state index contributed by atoms with van der Waals surface area (Å²) < 4.78 is 0. The summed E-state index contributed by atoms with van der Waals surface area (Å²) in [4.78, 5) is 2.54. The van der Waals surface area contributed by atoms with Gasteiger partial charge in [-0.25, -0.2) is 0 Å². The topological polar surface area (TPSA) is 15.3 Å². The summed E-state index contributed by atoms with van der Waals surface area (Å²) in [5, 5.41) is 6.30. The van der Waals surface area contributed by atoms with Crippen molar-refractivity contribution < 1.29 is 0 Å². The zero-order valence-corrected chi connectivity index (χ0v) is 11.8. The molecule has 2 heteroatoms. The van der Waals surface area contributed by atoms with Crippen LogP contribution in [0.4, 0.5) is 5.69 Å². The molecule has 100 valence electrons. The van der Waals surface area contributed by atoms with E-state index >= 15 is 0 Å². The van der Waals surface area contributed by atoms with Gasteiger partial charge < -0.3 is 5.32 Å². The molecule has 1 N–H and O–H groups in total. The minimum atomic E-state index is 0.587. The lowest BCUT2D eigenvalue weighted by molar-refractivity contribution is 0.274. The lowest BCUT2D eigenvalue weighted by Crippen LogP contribution is -2.31. The van der Waals surface area contributed by atoms with Crippen LogP contribution in [0.1, 0.15) is 20.3 Å². The first-order valence-corrected chi connectivity index (χ1v) is 7.22. The van der Waals surface area contributed by atoms with E-state index < -0.39 is 0 Å². The van der Waals surface area contributed by atoms with Crippen LogP contribution in [-0.2, 0) is 0 Å². The van der Waals surface area contributed by atoms with Gasteiger partial charge in [-0.2, -0.15) is 0 Å². The Morgan fingerprint density at radius 2 is 1.89 bits per heavy atom. The Labute approximate surface area is 115 Å². The highest BCUT2D eigenvalue weighted by Crippen LogP contribution is 2.22. The number of hydrogen-bond donors (Lipinski definition) is 1. The first-order chi connectivity index (χ1) is 9.22. The Hall–Kier alpha value is -1.54. The molecule has 1 aliphatic rings. The van der Waals surface area contributed by atoms with Crippen LogP contribution in [-0.4, -0.2) is 30.1 Å². The molecule has 19 heavy (non-hydrogen) atoms. The lowest BCUT2D eigenvalue weighted by atomic mass is 10.1. The third kappa shape index (κ3) is 2.74. The van der Waals surface area contributed by atoms with Crippen LogP contribution in [0.3, 0.4) is 0 Å². The van der Waals surface area contributed by atoms with Crippen molar-refractivity contribution in [2.24, 2.45) is 0 Å². The fourth-order valence-corrected chi connectivity index (χ4v) is 2.89. The number of fused-ring (bicyclic) bond motifs is 1. The van der Waals surface area contributed by atoms with Crippen molar-refractivity contribution in [2.75, 3.05) is 18.4 Å². The van der Waals surface area contributed by atoms with Gasteiger partial charge in [-0.15, -0.1) is 0 Å². The first-order valence-electron chi connectivity index (χ1n) is 7.22. The van der Waals surface area contributed by atoms with E-state index in [4.69, 9.17) is 0 Å². The molecular formula is C17H22N2. The van der Waals surface area contributed by atoms with Gasteiger partial charge in [0.2, 0.25) is 0 Å². The van der Waals surface area contributed by atoms with Crippen LogP contribution in [0, 0.1) is 0 Å². The monoisotopic (exact) mass is 254 g/mol. The van der Waals surface area contributed by atoms with Crippen LogP contribution in [0.2, 0.25) is 0 Å². The SMILES string of the molecule is CC(C)N1CCC(Nc2ccc3ccccc3c2)C1. The van der Waals surface area contributed by atoms with Crippen LogP contribution >= 0.6 is 0 Å². The van der Waals surface area contributed by atoms with Gasteiger partial charge in [0.05, 0.1) is 0 Å². The lowest BCUT2D eigenvalue weighted by Gasteiger charge is -2.21. The summed E-state index contributed by atoms with van der Waals surface area (Å²) in [5.74, 6) is 0. The Kier molecular flexibility index (Phi) is 3.43. The standard InChI is InChI=1S/C17H22N2/c1-13(2)19-10-9-17(12-19)18-16-8-7-14-5-3-4-6-15(14)11-16/h3-8,11,13,17-18H,9-10,12H2,1-2H3. The largest absolute Gasteiger partial charge is 0.381 e. The van der Waals surface area contributed by atoms with Crippen molar-refractivity contribution in [3.8, 4) is 0 Å². The molecule has 1 fully saturated rings. The van der Waals surface area contributed by atoms with Crippen molar-refractivity contribution in [3.05, 3.63) is 42.5 Å². The second-order valence-electron chi connectivity index (χ2n) is 5.78. The molecule has 2 nitrogen and oxygen atoms in total. The summed E-state index contributed by atoms with van der Waals surface area (Å²) in [5.41, 5.74) is 1.24. The third-order valence-corrected chi connectivity index (χ3v) is 4.07. The predicted octanol–water partition coefficient (Wildman–Crippen LogP) is 3.73. The second kappa shape index (κ2) is 5.22. The summed E-state index contributed by atoms with van der Waals surface area (Å²) >= 11 is 0. The van der Waals surface area contributed by atoms with Gasteiger partial charge in [0.1, 0.15) is 0 Å². The van der Waals surface area contributed by atoms with Crippen molar-refractivity contribution in [2.45, 2.75) is 32.4 Å². The van der Waals surface area contributed by atoms with Crippen molar-refractivity contribution >= 4 is 16.5 Å². The number of benzene rings is 2. The van der Waals surface area contributed by atoms with E-state index in [9.17, 15) is 0 Å². The molecule has 0 spiro atoms. The first kappa shape index (κ1) is 12.5. The highest BCUT2D eigenvalue weighted by atomic mass is 15.2. The minimum Gasteiger partial charge on any atom is -0.381 e. The van der Waals surface area contributed by atoms with E-state index in [0.29, 0.717) is 12.1 Å². The molecule has 0 radical (unpaired) electrons. The molecule has 0 aromatic heterocycles. The quantitative estimate of drug-likeness (QED) is 0.897. The number of rotatable bonds is 3. The number of nitrogens with zero attached hydrogens (tertiary/aromatic N) is 1. The van der Waals surface area contributed by atoms with E-state index in [0.717, 1.165) is 6.54 Å². The van der Waals surface area contributed by atoms with Gasteiger partial charge in [0, 0.05) is 30.9 Å². The van der Waals surface area contributed by atoms with Gasteiger partial charge in [0.15, 0.2) is 0 Å². The molecule has 0 bridgehead atoms. The van der Waals surface area contributed by atoms with Crippen LogP contribution in [0.5, 0.6) is 0 Å². The van der Waals surface area contributed by atoms with Crippen LogP contribution in [0.25, 0.3) is 10.8 Å². The summed E-state index contributed by atoms with van der Waals surface area (Å²) in [6, 6.07) is 16.4. The summed E-state index contributed by atoms with van der Waals surface area (Å²) in [7, 11) is 0. The highest BCUT2D eigenvalue weighted by Gasteiger charge is 2.23. The molecule has 0 amide bonds. The maximum atomic E-state index is 3.68. The van der Waals surface area contributed by atoms with Crippen LogP contribution in [0.15, 0.2) is 42.5 Å². The molecule has 1 heterocycles. The smallest absolute Gasteiger partial charge is 0.0400 e. The fourth-order valence-electron chi connectivity index (χ4n) is 2.89. The predicted molar refractivity (Wildman–Crippen MR) is 82.7 cm³/mol. The zero-order valence-electron chi connectivity index (χ0n) is 11.8. The van der Waals surface area contributed by atoms with E-state index in [1.807, 2.05) is 0 Å². The number of nitrogens with one attached hydrogen (secondary N) is 1. The van der Waals surface area contributed by atoms with Gasteiger partial charge in [-0.3, -0.25) is 4.90 Å². The molecule has 2 aromatic carbocycles. The van der Waals surface area contributed by atoms with Crippen molar-refractivity contribution in [3.63, 3.8) is 0 Å². The fraction of sp³-hybridized carbons (Fsp3) is 0.412. The summed E-state index contributed by atoms with van der Waals surface area (Å²) in [6.07, 6.45) is 1.24. The van der Waals surface area contributed by atoms with E-state index in [-0.39, 0.29) is 0 Å². The Morgan fingerprint density at radius 3 is 2.63 bits per heavy atom. The van der Waals surface area contributed by atoms with Gasteiger partial charge in [-0.05, 0) is 43.2 Å². The maximum absolute atomic E-state index is 3.68. The maximum Gasteiger partial charge on any atom is 0.0400 e. The highest BCUT2D eigenvalue weighted by molar-refractivity contribution is 5.85. The van der Waals surface area contributed by atoms with Crippen LogP contribution < -0.4 is 5.32 Å². The molecule has 0 saturated carbocycles. The number of anilines is 1. The van der Waals surface area contributed by atoms with Gasteiger partial charge in [0.25, 0.3) is 0 Å². The Morgan fingerprint density at radius 1 is 1.11 bits per heavy atom. The average molecular weight is 254 g/mol. The molecule has 1 unspecified atom stereocenters. The Bertz CT molecular complexity index is 562. The molecule has 1 aliphatic heterocycles. The molecule has 2 aromatic rings. The van der Waals surface area contributed by atoms with E-state index in [1.165, 1.54) is 29.4 Å².